The maximum absolute atomic E-state index is 14.4. The lowest BCUT2D eigenvalue weighted by Crippen LogP contribution is -2.41. The van der Waals surface area contributed by atoms with Gasteiger partial charge < -0.3 is 14.7 Å². The molecule has 4 rings (SSSR count). The van der Waals surface area contributed by atoms with E-state index >= 15 is 0 Å². The molecule has 1 unspecified atom stereocenters. The summed E-state index contributed by atoms with van der Waals surface area (Å²) in [7, 11) is -1.61. The zero-order valence-corrected chi connectivity index (χ0v) is 14.5. The number of methoxy groups -OCH3 is 1. The van der Waals surface area contributed by atoms with Crippen LogP contribution in [0.4, 0.5) is 5.69 Å². The maximum atomic E-state index is 14.4. The number of benzene rings is 2. The van der Waals surface area contributed by atoms with Gasteiger partial charge in [-0.05, 0) is 37.1 Å². The van der Waals surface area contributed by atoms with Crippen molar-refractivity contribution in [3.8, 4) is 11.5 Å². The first-order valence-electron chi connectivity index (χ1n) is 8.23. The number of ether oxygens (including phenoxy) is 1. The highest BCUT2D eigenvalue weighted by Gasteiger charge is 2.58. The number of rotatable bonds is 3. The fraction of sp³-hybridized carbons (Fsp3) is 0.333. The average Bonchev–Trinajstić information content (AvgIpc) is 3.18. The van der Waals surface area contributed by atoms with Gasteiger partial charge >= 0.3 is 0 Å². The van der Waals surface area contributed by atoms with Crippen LogP contribution in [0.3, 0.4) is 0 Å². The van der Waals surface area contributed by atoms with E-state index in [2.05, 4.69) is 4.67 Å². The summed E-state index contributed by atoms with van der Waals surface area (Å²) in [5, 5.41) is 10.9. The molecule has 6 heteroatoms. The lowest BCUT2D eigenvalue weighted by atomic mass is 10.2. The summed E-state index contributed by atoms with van der Waals surface area (Å²) in [6.45, 7) is 1.49. The summed E-state index contributed by atoms with van der Waals surface area (Å²) >= 11 is 0. The molecular formula is C18H21N2O3P. The molecule has 2 aromatic rings. The van der Waals surface area contributed by atoms with E-state index in [9.17, 15) is 10.00 Å². The zero-order valence-electron chi connectivity index (χ0n) is 13.6. The van der Waals surface area contributed by atoms with Crippen molar-refractivity contribution in [2.75, 3.05) is 24.9 Å². The van der Waals surface area contributed by atoms with Crippen molar-refractivity contribution in [3.63, 3.8) is 0 Å². The van der Waals surface area contributed by atoms with Crippen molar-refractivity contribution in [1.29, 1.82) is 0 Å². The molecular weight excluding hydrogens is 323 g/mol. The molecule has 0 aliphatic carbocycles. The van der Waals surface area contributed by atoms with Crippen LogP contribution in [0.25, 0.3) is 0 Å². The van der Waals surface area contributed by atoms with Gasteiger partial charge in [0.2, 0.25) is 5.30 Å². The number of hydrogen-bond donors (Lipinski definition) is 1. The van der Waals surface area contributed by atoms with Crippen molar-refractivity contribution in [2.45, 2.75) is 18.9 Å². The van der Waals surface area contributed by atoms with Crippen molar-refractivity contribution in [1.82, 2.24) is 4.67 Å². The number of phenolic OH excluding ortho intramolecular Hbond substituents is 1. The molecule has 2 aliphatic rings. The van der Waals surface area contributed by atoms with Crippen LogP contribution in [0, 0.1) is 0 Å². The van der Waals surface area contributed by atoms with Crippen LogP contribution in [-0.2, 0) is 0 Å². The lowest BCUT2D eigenvalue weighted by Gasteiger charge is -2.40. The Morgan fingerprint density at radius 2 is 1.96 bits per heavy atom. The van der Waals surface area contributed by atoms with Crippen molar-refractivity contribution in [2.24, 2.45) is 0 Å². The highest BCUT2D eigenvalue weighted by molar-refractivity contribution is 7.76. The molecule has 0 radical (unpaired) electrons. The van der Waals surface area contributed by atoms with Crippen LogP contribution in [-0.4, -0.2) is 36.0 Å². The van der Waals surface area contributed by atoms with E-state index in [-0.39, 0.29) is 11.8 Å². The molecule has 2 saturated heterocycles. The molecule has 2 aromatic carbocycles. The molecule has 2 aliphatic heterocycles. The Kier molecular flexibility index (Phi) is 3.87. The normalized spacial score (nSPS) is 26.6. The topological polar surface area (TPSA) is 59.0 Å². The summed E-state index contributed by atoms with van der Waals surface area (Å²) < 4.78 is 9.50. The highest BCUT2D eigenvalue weighted by Crippen LogP contribution is 2.67. The quantitative estimate of drug-likeness (QED) is 0.865. The van der Waals surface area contributed by atoms with Gasteiger partial charge in [0, 0.05) is 6.54 Å². The number of hydrogen-bond acceptors (Lipinski definition) is 5. The number of phenols is 1. The van der Waals surface area contributed by atoms with E-state index in [1.54, 1.807) is 25.3 Å². The third-order valence-corrected chi connectivity index (χ3v) is 8.25. The van der Waals surface area contributed by atoms with Crippen LogP contribution in [0.2, 0.25) is 0 Å². The summed E-state index contributed by atoms with van der Waals surface area (Å²) in [4.78, 5) is 14.4. The second-order valence-electron chi connectivity index (χ2n) is 6.25. The molecule has 0 aromatic heterocycles. The Bertz CT molecular complexity index is 742. The third-order valence-electron chi connectivity index (χ3n) is 4.95. The van der Waals surface area contributed by atoms with Gasteiger partial charge in [0.25, 0.3) is 0 Å². The molecule has 24 heavy (non-hydrogen) atoms. The van der Waals surface area contributed by atoms with Crippen LogP contribution < -0.4 is 19.6 Å². The molecule has 0 bridgehead atoms. The monoisotopic (exact) mass is 344 g/mol. The van der Waals surface area contributed by atoms with Gasteiger partial charge in [0.05, 0.1) is 25.4 Å². The molecule has 2 atom stereocenters. The molecule has 2 heterocycles. The van der Waals surface area contributed by atoms with E-state index < -0.39 is 7.79 Å². The van der Waals surface area contributed by atoms with Gasteiger partial charge in [-0.1, -0.05) is 24.3 Å². The smallest absolute Gasteiger partial charge is 0.212 e. The van der Waals surface area contributed by atoms with E-state index in [0.29, 0.717) is 17.6 Å². The first-order chi connectivity index (χ1) is 11.7. The van der Waals surface area contributed by atoms with Crippen molar-refractivity contribution >= 4 is 18.8 Å². The Morgan fingerprint density at radius 3 is 2.71 bits per heavy atom. The minimum Gasteiger partial charge on any atom is -0.642 e. The number of nitrogens with zero attached hydrogens (tertiary/aromatic N) is 2. The number of anilines is 1. The van der Waals surface area contributed by atoms with Crippen LogP contribution in [0.15, 0.2) is 48.5 Å². The standard InChI is InChI=1S/C18H21N2O3P/c1-23-17-11-5-10-16(21)18(17)24(22)19-12-6-9-15(19)13-20(24)14-7-3-2-4-8-14/h2-5,7-8,10-11,15,21H,6,9,12-13H2,1H3/t15-,24?/m0/s1. The minimum absolute atomic E-state index is 0.0335. The van der Waals surface area contributed by atoms with E-state index in [0.717, 1.165) is 25.1 Å². The minimum atomic E-state index is -3.16. The Labute approximate surface area is 142 Å². The zero-order chi connectivity index (χ0) is 16.7. The summed E-state index contributed by atoms with van der Waals surface area (Å²) in [6, 6.07) is 15.1. The van der Waals surface area contributed by atoms with Crippen LogP contribution in [0.1, 0.15) is 12.8 Å². The number of para-hydroxylation sites is 1. The fourth-order valence-electron chi connectivity index (χ4n) is 3.89. The molecule has 0 spiro atoms. The predicted octanol–water partition coefficient (Wildman–Crippen LogP) is 2.13. The Hall–Kier alpha value is -1.81. The van der Waals surface area contributed by atoms with Gasteiger partial charge in [-0.2, -0.15) is 4.67 Å². The second-order valence-corrected chi connectivity index (χ2v) is 8.78. The van der Waals surface area contributed by atoms with Crippen molar-refractivity contribution < 1.29 is 14.7 Å². The summed E-state index contributed by atoms with van der Waals surface area (Å²) in [5.41, 5.74) is 0.917. The molecule has 0 amide bonds. The van der Waals surface area contributed by atoms with Gasteiger partial charge in [-0.25, -0.2) is 4.67 Å². The van der Waals surface area contributed by atoms with Gasteiger partial charge in [0.15, 0.2) is 19.3 Å². The van der Waals surface area contributed by atoms with E-state index in [1.165, 1.54) is 0 Å². The molecule has 2 fully saturated rings. The Morgan fingerprint density at radius 1 is 1.17 bits per heavy atom. The summed E-state index contributed by atoms with van der Waals surface area (Å²) in [6.07, 6.45) is 2.07. The van der Waals surface area contributed by atoms with E-state index in [4.69, 9.17) is 4.74 Å². The largest absolute Gasteiger partial charge is 0.642 e. The maximum Gasteiger partial charge on any atom is 0.212 e. The van der Waals surface area contributed by atoms with E-state index in [1.807, 2.05) is 35.0 Å². The third kappa shape index (κ3) is 2.20. The average molecular weight is 344 g/mol. The molecule has 1 N–H and O–H groups in total. The van der Waals surface area contributed by atoms with Gasteiger partial charge in [-0.3, -0.25) is 0 Å². The molecule has 5 nitrogen and oxygen atoms in total. The van der Waals surface area contributed by atoms with Crippen LogP contribution in [0.5, 0.6) is 11.5 Å². The predicted molar refractivity (Wildman–Crippen MR) is 94.7 cm³/mol. The molecule has 0 saturated carbocycles. The number of aromatic hydroxyl groups is 1. The fourth-order valence-corrected chi connectivity index (χ4v) is 7.39. The first kappa shape index (κ1) is 15.7. The van der Waals surface area contributed by atoms with Gasteiger partial charge in [0.1, 0.15) is 0 Å². The van der Waals surface area contributed by atoms with Crippen LogP contribution >= 0.6 is 7.79 Å². The second kappa shape index (κ2) is 5.92. The highest BCUT2D eigenvalue weighted by atomic mass is 31.2. The molecule has 126 valence electrons. The number of fused-ring (bicyclic) bond motifs is 1. The lowest BCUT2D eigenvalue weighted by molar-refractivity contribution is -0.176. The summed E-state index contributed by atoms with van der Waals surface area (Å²) in [5.74, 6) is 0.512. The first-order valence-corrected chi connectivity index (χ1v) is 9.84. The van der Waals surface area contributed by atoms with Crippen molar-refractivity contribution in [3.05, 3.63) is 48.5 Å². The van der Waals surface area contributed by atoms with Gasteiger partial charge in [-0.15, -0.1) is 0 Å². The Balaban J connectivity index is 1.91. The SMILES string of the molecule is COc1cccc(O)c1[P+]1([O-])N(c2ccccc2)C[C@@H]2CCCN21.